The third-order valence-electron chi connectivity index (χ3n) is 4.63. The molecule has 0 saturated heterocycles. The number of carbonyl (C=O) groups is 1. The molecule has 0 spiro atoms. The van der Waals surface area contributed by atoms with Crippen LogP contribution in [-0.2, 0) is 9.53 Å². The van der Waals surface area contributed by atoms with E-state index < -0.39 is 24.0 Å². The number of aliphatic carboxylic acids is 1. The fraction of sp³-hybridized carbons (Fsp3) is 0.292. The minimum Gasteiger partial charge on any atom is -0.479 e. The minimum atomic E-state index is -4.79. The highest BCUT2D eigenvalue weighted by molar-refractivity contribution is 6.01. The first kappa shape index (κ1) is 22.6. The molecule has 0 heterocycles. The van der Waals surface area contributed by atoms with Crippen LogP contribution < -0.4 is 4.74 Å². The molecule has 164 valence electrons. The molecule has 0 aliphatic rings. The molecule has 3 aromatic carbocycles. The van der Waals surface area contributed by atoms with Crippen LogP contribution in [0.15, 0.2) is 54.6 Å². The normalized spacial score (nSPS) is 13.3. The monoisotopic (exact) mass is 432 g/mol. The van der Waals surface area contributed by atoms with Gasteiger partial charge in [0.25, 0.3) is 0 Å². The largest absolute Gasteiger partial charge is 0.573 e. The second-order valence-electron chi connectivity index (χ2n) is 8.22. The van der Waals surface area contributed by atoms with Gasteiger partial charge in [0.2, 0.25) is 0 Å². The van der Waals surface area contributed by atoms with Crippen molar-refractivity contribution in [2.24, 2.45) is 0 Å². The first-order valence-electron chi connectivity index (χ1n) is 9.65. The lowest BCUT2D eigenvalue weighted by atomic mass is 9.87. The highest BCUT2D eigenvalue weighted by Gasteiger charge is 2.32. The van der Waals surface area contributed by atoms with Gasteiger partial charge in [-0.3, -0.25) is 0 Å². The molecule has 0 saturated carbocycles. The molecule has 1 N–H and O–H groups in total. The zero-order valence-electron chi connectivity index (χ0n) is 17.6. The topological polar surface area (TPSA) is 55.8 Å². The summed E-state index contributed by atoms with van der Waals surface area (Å²) < 4.78 is 47.5. The molecule has 0 aromatic heterocycles. The maximum Gasteiger partial charge on any atom is 0.573 e. The summed E-state index contributed by atoms with van der Waals surface area (Å²) in [5, 5.41) is 11.6. The average molecular weight is 432 g/mol. The van der Waals surface area contributed by atoms with E-state index in [1.807, 2.05) is 30.3 Å². The van der Waals surface area contributed by atoms with Gasteiger partial charge in [-0.05, 0) is 67.3 Å². The molecule has 31 heavy (non-hydrogen) atoms. The van der Waals surface area contributed by atoms with Gasteiger partial charge in [0.1, 0.15) is 5.75 Å². The van der Waals surface area contributed by atoms with Crippen LogP contribution in [0.2, 0.25) is 0 Å². The van der Waals surface area contributed by atoms with Gasteiger partial charge in [-0.2, -0.15) is 0 Å². The zero-order chi connectivity index (χ0) is 23.0. The average Bonchev–Trinajstić information content (AvgIpc) is 2.64. The summed E-state index contributed by atoms with van der Waals surface area (Å²) in [5.41, 5.74) is 1.61. The summed E-state index contributed by atoms with van der Waals surface area (Å²) in [5.74, 6) is -1.50. The Balaban J connectivity index is 2.25. The fourth-order valence-electron chi connectivity index (χ4n) is 3.56. The van der Waals surface area contributed by atoms with Crippen molar-refractivity contribution >= 4 is 16.7 Å². The van der Waals surface area contributed by atoms with Crippen LogP contribution in [0, 0.1) is 6.92 Å². The maximum atomic E-state index is 12.5. The van der Waals surface area contributed by atoms with Gasteiger partial charge in [0, 0.05) is 5.56 Å². The molecule has 0 aliphatic heterocycles. The highest BCUT2D eigenvalue weighted by atomic mass is 19.4. The fourth-order valence-corrected chi connectivity index (χ4v) is 3.56. The van der Waals surface area contributed by atoms with E-state index in [0.717, 1.165) is 10.8 Å². The Bertz CT molecular complexity index is 1100. The standard InChI is InChI=1S/C24H23F3O4/c1-14-13-16-7-5-6-8-18(16)20(19(14)21(22(28)29)31-23(2,3)4)15-9-11-17(12-10-15)30-24(25,26)27/h5-13,21H,1-4H3,(H,28,29). The van der Waals surface area contributed by atoms with Crippen molar-refractivity contribution in [2.75, 3.05) is 0 Å². The highest BCUT2D eigenvalue weighted by Crippen LogP contribution is 2.41. The van der Waals surface area contributed by atoms with Crippen molar-refractivity contribution in [1.29, 1.82) is 0 Å². The lowest BCUT2D eigenvalue weighted by Crippen LogP contribution is -2.28. The third-order valence-corrected chi connectivity index (χ3v) is 4.63. The van der Waals surface area contributed by atoms with Crippen LogP contribution >= 0.6 is 0 Å². The Morgan fingerprint density at radius 3 is 2.16 bits per heavy atom. The first-order valence-corrected chi connectivity index (χ1v) is 9.65. The summed E-state index contributed by atoms with van der Waals surface area (Å²) in [7, 11) is 0. The maximum absolute atomic E-state index is 12.5. The number of halogens is 3. The Hall–Kier alpha value is -3.06. The van der Waals surface area contributed by atoms with Gasteiger partial charge in [-0.1, -0.05) is 42.5 Å². The lowest BCUT2D eigenvalue weighted by molar-refractivity contribution is -0.274. The van der Waals surface area contributed by atoms with Gasteiger partial charge >= 0.3 is 12.3 Å². The SMILES string of the molecule is Cc1cc2ccccc2c(-c2ccc(OC(F)(F)F)cc2)c1C(OC(C)(C)C)C(=O)O. The molecule has 4 nitrogen and oxygen atoms in total. The summed E-state index contributed by atoms with van der Waals surface area (Å²) in [6, 6.07) is 14.7. The summed E-state index contributed by atoms with van der Waals surface area (Å²) in [6.07, 6.45) is -6.05. The number of carboxylic acids is 1. The van der Waals surface area contributed by atoms with Gasteiger partial charge in [-0.15, -0.1) is 13.2 Å². The molecule has 3 aromatic rings. The summed E-state index contributed by atoms with van der Waals surface area (Å²) in [6.45, 7) is 7.10. The van der Waals surface area contributed by atoms with E-state index in [1.165, 1.54) is 24.3 Å². The van der Waals surface area contributed by atoms with Crippen LogP contribution in [0.25, 0.3) is 21.9 Å². The zero-order valence-corrected chi connectivity index (χ0v) is 17.6. The first-order chi connectivity index (χ1) is 14.4. The molecule has 1 unspecified atom stereocenters. The number of fused-ring (bicyclic) bond motifs is 1. The van der Waals surface area contributed by atoms with Gasteiger partial charge in [-0.25, -0.2) is 4.79 Å². The van der Waals surface area contributed by atoms with Crippen LogP contribution in [0.5, 0.6) is 5.75 Å². The Kier molecular flexibility index (Phi) is 6.00. The van der Waals surface area contributed by atoms with E-state index in [0.29, 0.717) is 22.3 Å². The van der Waals surface area contributed by atoms with Gasteiger partial charge in [0.15, 0.2) is 6.10 Å². The molecule has 0 bridgehead atoms. The van der Waals surface area contributed by atoms with Crippen molar-refractivity contribution < 1.29 is 32.5 Å². The molecule has 0 aliphatic carbocycles. The van der Waals surface area contributed by atoms with Crippen LogP contribution in [0.4, 0.5) is 13.2 Å². The summed E-state index contributed by atoms with van der Waals surface area (Å²) in [4.78, 5) is 12.2. The quantitative estimate of drug-likeness (QED) is 0.490. The van der Waals surface area contributed by atoms with Gasteiger partial charge < -0.3 is 14.6 Å². The number of ether oxygens (including phenoxy) is 2. The third kappa shape index (κ3) is 5.35. The lowest BCUT2D eigenvalue weighted by Gasteiger charge is -2.28. The molecule has 3 rings (SSSR count). The number of benzene rings is 3. The van der Waals surface area contributed by atoms with Crippen LogP contribution in [0.3, 0.4) is 0 Å². The van der Waals surface area contributed by atoms with Crippen molar-refractivity contribution in [2.45, 2.75) is 45.8 Å². The molecule has 7 heteroatoms. The number of rotatable bonds is 5. The number of aryl methyl sites for hydroxylation is 1. The molecule has 0 amide bonds. The van der Waals surface area contributed by atoms with Crippen molar-refractivity contribution in [3.8, 4) is 16.9 Å². The number of hydrogen-bond acceptors (Lipinski definition) is 3. The van der Waals surface area contributed by atoms with E-state index in [9.17, 15) is 23.1 Å². The van der Waals surface area contributed by atoms with E-state index in [2.05, 4.69) is 4.74 Å². The molecule has 0 fully saturated rings. The second kappa shape index (κ2) is 8.23. The molecular weight excluding hydrogens is 409 g/mol. The van der Waals surface area contributed by atoms with E-state index in [4.69, 9.17) is 4.74 Å². The molecular formula is C24H23F3O4. The smallest absolute Gasteiger partial charge is 0.479 e. The van der Waals surface area contributed by atoms with Crippen molar-refractivity contribution in [3.63, 3.8) is 0 Å². The number of alkyl halides is 3. The van der Waals surface area contributed by atoms with Crippen molar-refractivity contribution in [3.05, 3.63) is 65.7 Å². The van der Waals surface area contributed by atoms with Crippen LogP contribution in [0.1, 0.15) is 38.0 Å². The van der Waals surface area contributed by atoms with E-state index in [1.54, 1.807) is 27.7 Å². The molecule has 1 atom stereocenters. The van der Waals surface area contributed by atoms with Crippen molar-refractivity contribution in [1.82, 2.24) is 0 Å². The number of carboxylic acid groups (broad SMARTS) is 1. The van der Waals surface area contributed by atoms with E-state index >= 15 is 0 Å². The van der Waals surface area contributed by atoms with Gasteiger partial charge in [0.05, 0.1) is 5.60 Å². The van der Waals surface area contributed by atoms with E-state index in [-0.39, 0.29) is 5.75 Å². The predicted molar refractivity (Wildman–Crippen MR) is 112 cm³/mol. The molecule has 0 radical (unpaired) electrons. The second-order valence-corrected chi connectivity index (χ2v) is 8.22. The number of hydrogen-bond donors (Lipinski definition) is 1. The Labute approximate surface area is 178 Å². The minimum absolute atomic E-state index is 0.351. The Morgan fingerprint density at radius 1 is 1.00 bits per heavy atom. The predicted octanol–water partition coefficient (Wildman–Crippen LogP) is 6.65. The Morgan fingerprint density at radius 2 is 1.61 bits per heavy atom. The summed E-state index contributed by atoms with van der Waals surface area (Å²) >= 11 is 0. The van der Waals surface area contributed by atoms with Crippen LogP contribution in [-0.4, -0.2) is 23.0 Å².